The fourth-order valence-corrected chi connectivity index (χ4v) is 2.74. The second-order valence-electron chi connectivity index (χ2n) is 4.14. The van der Waals surface area contributed by atoms with Gasteiger partial charge in [-0.25, -0.2) is 0 Å². The number of rotatable bonds is 4. The Labute approximate surface area is 140 Å². The number of carbonyl (C=O) groups excluding carboxylic acids is 1. The Hall–Kier alpha value is -1.23. The monoisotopic (exact) mass is 388 g/mol. The molecule has 0 aliphatic heterocycles. The minimum absolute atomic E-state index is 0.222. The molecular formula is C15H11BrCl2O3. The molecule has 0 atom stereocenters. The van der Waals surface area contributed by atoms with Crippen molar-refractivity contribution in [1.29, 1.82) is 0 Å². The normalized spacial score (nSPS) is 10.3. The van der Waals surface area contributed by atoms with Crippen LogP contribution in [0.2, 0.25) is 10.0 Å². The largest absolute Gasteiger partial charge is 0.497 e. The molecule has 2 aromatic rings. The van der Waals surface area contributed by atoms with Crippen LogP contribution in [0.4, 0.5) is 0 Å². The van der Waals surface area contributed by atoms with Gasteiger partial charge >= 0.3 is 0 Å². The Bertz CT molecular complexity index is 702. The SMILES string of the molecule is COc1cc(Br)c(C(=O)c2ccc(Cl)c(Cl)c2)c(OC)c1. The smallest absolute Gasteiger partial charge is 0.197 e. The molecule has 2 rings (SSSR count). The predicted octanol–water partition coefficient (Wildman–Crippen LogP) is 5.00. The number of hydrogen-bond donors (Lipinski definition) is 0. The summed E-state index contributed by atoms with van der Waals surface area (Å²) in [6, 6.07) is 8.08. The molecule has 0 fully saturated rings. The molecule has 0 spiro atoms. The third-order valence-electron chi connectivity index (χ3n) is 2.89. The van der Waals surface area contributed by atoms with E-state index in [-0.39, 0.29) is 5.78 Å². The van der Waals surface area contributed by atoms with Crippen molar-refractivity contribution in [2.45, 2.75) is 0 Å². The quantitative estimate of drug-likeness (QED) is 0.690. The molecule has 0 amide bonds. The lowest BCUT2D eigenvalue weighted by Gasteiger charge is -2.12. The van der Waals surface area contributed by atoms with E-state index in [1.165, 1.54) is 13.2 Å². The maximum Gasteiger partial charge on any atom is 0.197 e. The average molecular weight is 390 g/mol. The fraction of sp³-hybridized carbons (Fsp3) is 0.133. The number of benzene rings is 2. The summed E-state index contributed by atoms with van der Waals surface area (Å²) in [5.41, 5.74) is 0.824. The van der Waals surface area contributed by atoms with E-state index in [1.54, 1.807) is 31.4 Å². The van der Waals surface area contributed by atoms with Gasteiger partial charge in [-0.1, -0.05) is 23.2 Å². The molecule has 0 aliphatic carbocycles. The molecule has 0 bridgehead atoms. The Morgan fingerprint density at radius 1 is 1.05 bits per heavy atom. The first-order valence-electron chi connectivity index (χ1n) is 5.89. The molecule has 110 valence electrons. The van der Waals surface area contributed by atoms with Crippen LogP contribution < -0.4 is 9.47 Å². The van der Waals surface area contributed by atoms with Crippen molar-refractivity contribution < 1.29 is 14.3 Å². The van der Waals surface area contributed by atoms with E-state index in [4.69, 9.17) is 32.7 Å². The maximum atomic E-state index is 12.7. The third kappa shape index (κ3) is 3.34. The lowest BCUT2D eigenvalue weighted by molar-refractivity contribution is 0.103. The summed E-state index contributed by atoms with van der Waals surface area (Å²) in [6.45, 7) is 0. The van der Waals surface area contributed by atoms with Crippen LogP contribution in [-0.2, 0) is 0 Å². The van der Waals surface area contributed by atoms with E-state index in [1.807, 2.05) is 0 Å². The topological polar surface area (TPSA) is 35.5 Å². The van der Waals surface area contributed by atoms with Crippen LogP contribution >= 0.6 is 39.1 Å². The van der Waals surface area contributed by atoms with Crippen molar-refractivity contribution in [2.75, 3.05) is 14.2 Å². The first-order valence-corrected chi connectivity index (χ1v) is 7.44. The van der Waals surface area contributed by atoms with Gasteiger partial charge in [-0.3, -0.25) is 4.79 Å². The number of halogens is 3. The van der Waals surface area contributed by atoms with Crippen molar-refractivity contribution >= 4 is 44.9 Å². The summed E-state index contributed by atoms with van der Waals surface area (Å²) >= 11 is 15.2. The highest BCUT2D eigenvalue weighted by Gasteiger charge is 2.20. The molecule has 0 radical (unpaired) electrons. The molecule has 2 aromatic carbocycles. The fourth-order valence-electron chi connectivity index (χ4n) is 1.84. The van der Waals surface area contributed by atoms with Crippen LogP contribution in [-0.4, -0.2) is 20.0 Å². The van der Waals surface area contributed by atoms with Crippen molar-refractivity contribution in [1.82, 2.24) is 0 Å². The molecule has 0 aromatic heterocycles. The van der Waals surface area contributed by atoms with E-state index in [0.717, 1.165) is 0 Å². The summed E-state index contributed by atoms with van der Waals surface area (Å²) in [5, 5.41) is 0.722. The maximum absolute atomic E-state index is 12.7. The van der Waals surface area contributed by atoms with E-state index < -0.39 is 0 Å². The molecular weight excluding hydrogens is 379 g/mol. The molecule has 0 unspecified atom stereocenters. The van der Waals surface area contributed by atoms with E-state index in [0.29, 0.717) is 37.1 Å². The van der Waals surface area contributed by atoms with Crippen molar-refractivity contribution in [3.05, 3.63) is 56.0 Å². The second kappa shape index (κ2) is 6.69. The van der Waals surface area contributed by atoms with E-state index in [2.05, 4.69) is 15.9 Å². The zero-order valence-electron chi connectivity index (χ0n) is 11.2. The number of carbonyl (C=O) groups is 1. The Morgan fingerprint density at radius 2 is 1.76 bits per heavy atom. The van der Waals surface area contributed by atoms with Crippen LogP contribution in [0.1, 0.15) is 15.9 Å². The van der Waals surface area contributed by atoms with Gasteiger partial charge in [0.25, 0.3) is 0 Å². The van der Waals surface area contributed by atoms with Crippen molar-refractivity contribution in [2.24, 2.45) is 0 Å². The van der Waals surface area contributed by atoms with Crippen LogP contribution in [0.3, 0.4) is 0 Å². The highest BCUT2D eigenvalue weighted by molar-refractivity contribution is 9.10. The van der Waals surface area contributed by atoms with Crippen LogP contribution in [0.15, 0.2) is 34.8 Å². The third-order valence-corrected chi connectivity index (χ3v) is 4.26. The van der Waals surface area contributed by atoms with Gasteiger partial charge in [-0.2, -0.15) is 0 Å². The zero-order chi connectivity index (χ0) is 15.6. The highest BCUT2D eigenvalue weighted by atomic mass is 79.9. The predicted molar refractivity (Wildman–Crippen MR) is 87.1 cm³/mol. The lowest BCUT2D eigenvalue weighted by Crippen LogP contribution is -2.06. The minimum atomic E-state index is -0.222. The van der Waals surface area contributed by atoms with Gasteiger partial charge in [0.1, 0.15) is 11.5 Å². The molecule has 0 saturated heterocycles. The van der Waals surface area contributed by atoms with Crippen molar-refractivity contribution in [3.63, 3.8) is 0 Å². The molecule has 0 heterocycles. The average Bonchev–Trinajstić information content (AvgIpc) is 2.48. The molecule has 3 nitrogen and oxygen atoms in total. The first-order chi connectivity index (χ1) is 9.97. The second-order valence-corrected chi connectivity index (χ2v) is 5.81. The van der Waals surface area contributed by atoms with Gasteiger partial charge in [0.2, 0.25) is 0 Å². The van der Waals surface area contributed by atoms with Gasteiger partial charge in [0, 0.05) is 16.1 Å². The number of methoxy groups -OCH3 is 2. The Kier molecular flexibility index (Phi) is 5.14. The van der Waals surface area contributed by atoms with Crippen LogP contribution in [0.5, 0.6) is 11.5 Å². The zero-order valence-corrected chi connectivity index (χ0v) is 14.3. The van der Waals surface area contributed by atoms with Crippen molar-refractivity contribution in [3.8, 4) is 11.5 Å². The number of ether oxygens (including phenoxy) is 2. The van der Waals surface area contributed by atoms with Gasteiger partial charge < -0.3 is 9.47 Å². The number of hydrogen-bond acceptors (Lipinski definition) is 3. The van der Waals surface area contributed by atoms with Gasteiger partial charge in [0.05, 0.1) is 29.8 Å². The summed E-state index contributed by atoms with van der Waals surface area (Å²) < 4.78 is 11.0. The standard InChI is InChI=1S/C15H11BrCl2O3/c1-20-9-6-10(16)14(13(7-9)21-2)15(19)8-3-4-11(17)12(18)5-8/h3-7H,1-2H3. The first kappa shape index (κ1) is 16.1. The van der Waals surface area contributed by atoms with Gasteiger partial charge in [0.15, 0.2) is 5.78 Å². The Morgan fingerprint density at radius 3 is 2.33 bits per heavy atom. The summed E-state index contributed by atoms with van der Waals surface area (Å²) in [4.78, 5) is 12.7. The Balaban J connectivity index is 2.54. The van der Waals surface area contributed by atoms with E-state index in [9.17, 15) is 4.79 Å². The van der Waals surface area contributed by atoms with E-state index >= 15 is 0 Å². The molecule has 0 saturated carbocycles. The molecule has 21 heavy (non-hydrogen) atoms. The van der Waals surface area contributed by atoms with Gasteiger partial charge in [-0.05, 0) is 40.2 Å². The van der Waals surface area contributed by atoms with Crippen LogP contribution in [0.25, 0.3) is 0 Å². The summed E-state index contributed by atoms with van der Waals surface area (Å²) in [6.07, 6.45) is 0. The summed E-state index contributed by atoms with van der Waals surface area (Å²) in [5.74, 6) is 0.779. The summed E-state index contributed by atoms with van der Waals surface area (Å²) in [7, 11) is 3.04. The molecule has 6 heteroatoms. The minimum Gasteiger partial charge on any atom is -0.497 e. The lowest BCUT2D eigenvalue weighted by atomic mass is 10.0. The highest BCUT2D eigenvalue weighted by Crippen LogP contribution is 2.34. The number of ketones is 1. The molecule has 0 aliphatic rings. The van der Waals surface area contributed by atoms with Crippen LogP contribution in [0, 0.1) is 0 Å². The molecule has 0 N–H and O–H groups in total. The van der Waals surface area contributed by atoms with Gasteiger partial charge in [-0.15, -0.1) is 0 Å².